The molecule has 0 N–H and O–H groups in total. The van der Waals surface area contributed by atoms with Gasteiger partial charge in [0, 0.05) is 50.5 Å². The third-order valence-corrected chi connectivity index (χ3v) is 4.38. The van der Waals surface area contributed by atoms with Crippen molar-refractivity contribution in [2.45, 2.75) is 19.0 Å². The topological polar surface area (TPSA) is 28.6 Å². The van der Waals surface area contributed by atoms with E-state index < -0.39 is 0 Å². The van der Waals surface area contributed by atoms with E-state index in [1.54, 1.807) is 6.20 Å². The van der Waals surface area contributed by atoms with Gasteiger partial charge in [0.1, 0.15) is 5.15 Å². The Kier molecular flexibility index (Phi) is 4.33. The number of hydrogen-bond donors (Lipinski definition) is 0. The van der Waals surface area contributed by atoms with Gasteiger partial charge in [0.25, 0.3) is 0 Å². The Labute approximate surface area is 119 Å². The summed E-state index contributed by atoms with van der Waals surface area (Å²) in [5.41, 5.74) is 1.13. The van der Waals surface area contributed by atoms with Crippen molar-refractivity contribution >= 4 is 11.6 Å². The Morgan fingerprint density at radius 1 is 1.32 bits per heavy atom. The highest BCUT2D eigenvalue weighted by atomic mass is 35.5. The molecule has 0 spiro atoms. The van der Waals surface area contributed by atoms with E-state index in [1.165, 1.54) is 6.42 Å². The van der Waals surface area contributed by atoms with Crippen LogP contribution in [0.1, 0.15) is 12.0 Å². The van der Waals surface area contributed by atoms with Gasteiger partial charge in [-0.25, -0.2) is 4.98 Å². The first-order chi connectivity index (χ1) is 9.33. The molecule has 3 rings (SSSR count). The van der Waals surface area contributed by atoms with Crippen molar-refractivity contribution in [3.8, 4) is 0 Å². The fourth-order valence-electron chi connectivity index (χ4n) is 2.97. The Balaban J connectivity index is 1.55. The van der Waals surface area contributed by atoms with E-state index >= 15 is 0 Å². The van der Waals surface area contributed by atoms with Gasteiger partial charge >= 0.3 is 0 Å². The van der Waals surface area contributed by atoms with Crippen molar-refractivity contribution in [1.29, 1.82) is 0 Å². The highest BCUT2D eigenvalue weighted by molar-refractivity contribution is 6.30. The molecule has 1 aromatic rings. The predicted octanol–water partition coefficient (Wildman–Crippen LogP) is 1.64. The van der Waals surface area contributed by atoms with Crippen molar-refractivity contribution in [2.75, 3.05) is 39.4 Å². The maximum atomic E-state index is 6.12. The summed E-state index contributed by atoms with van der Waals surface area (Å²) >= 11 is 6.12. The summed E-state index contributed by atoms with van der Waals surface area (Å²) in [4.78, 5) is 9.18. The average molecular weight is 282 g/mol. The van der Waals surface area contributed by atoms with Gasteiger partial charge in [-0.3, -0.25) is 9.80 Å². The van der Waals surface area contributed by atoms with Gasteiger partial charge in [0.05, 0.1) is 13.2 Å². The number of aromatic nitrogens is 1. The maximum absolute atomic E-state index is 6.12. The lowest BCUT2D eigenvalue weighted by Gasteiger charge is -2.32. The lowest BCUT2D eigenvalue weighted by Crippen LogP contribution is -2.44. The molecule has 0 aromatic carbocycles. The van der Waals surface area contributed by atoms with Crippen LogP contribution in [0.2, 0.25) is 5.15 Å². The van der Waals surface area contributed by atoms with Crippen molar-refractivity contribution in [3.63, 3.8) is 0 Å². The number of nitrogens with zero attached hydrogens (tertiary/aromatic N) is 3. The second-order valence-corrected chi connectivity index (χ2v) is 5.64. The van der Waals surface area contributed by atoms with Crippen LogP contribution in [-0.4, -0.2) is 60.2 Å². The monoisotopic (exact) mass is 281 g/mol. The van der Waals surface area contributed by atoms with Crippen LogP contribution in [0.5, 0.6) is 0 Å². The number of ether oxygens (including phenoxy) is 1. The summed E-state index contributed by atoms with van der Waals surface area (Å²) in [6.07, 6.45) is 2.99. The van der Waals surface area contributed by atoms with E-state index in [4.69, 9.17) is 16.3 Å². The van der Waals surface area contributed by atoms with Gasteiger partial charge in [-0.2, -0.15) is 0 Å². The normalized spacial score (nSPS) is 25.8. The van der Waals surface area contributed by atoms with E-state index in [9.17, 15) is 0 Å². The van der Waals surface area contributed by atoms with Gasteiger partial charge in [-0.05, 0) is 12.5 Å². The molecular formula is C14H20ClN3O. The standard InChI is InChI=1S/C14H20ClN3O/c15-14-12(2-1-4-16-14)10-17-5-3-13(11-17)18-6-8-19-9-7-18/h1-2,4,13H,3,5-11H2. The van der Waals surface area contributed by atoms with Gasteiger partial charge in [0.2, 0.25) is 0 Å². The van der Waals surface area contributed by atoms with Crippen LogP contribution in [0.4, 0.5) is 0 Å². The minimum absolute atomic E-state index is 0.636. The van der Waals surface area contributed by atoms with Crippen molar-refractivity contribution in [2.24, 2.45) is 0 Å². The summed E-state index contributed by atoms with van der Waals surface area (Å²) in [6.45, 7) is 7.10. The second kappa shape index (κ2) is 6.18. The summed E-state index contributed by atoms with van der Waals surface area (Å²) in [5, 5.41) is 0.636. The molecule has 104 valence electrons. The van der Waals surface area contributed by atoms with Crippen LogP contribution in [0.15, 0.2) is 18.3 Å². The molecular weight excluding hydrogens is 262 g/mol. The molecule has 2 fully saturated rings. The highest BCUT2D eigenvalue weighted by Gasteiger charge is 2.28. The molecule has 0 aliphatic carbocycles. The SMILES string of the molecule is Clc1ncccc1CN1CCC(N2CCOCC2)C1. The molecule has 1 unspecified atom stereocenters. The number of hydrogen-bond acceptors (Lipinski definition) is 4. The van der Waals surface area contributed by atoms with Crippen LogP contribution >= 0.6 is 11.6 Å². The molecule has 5 heteroatoms. The highest BCUT2D eigenvalue weighted by Crippen LogP contribution is 2.21. The van der Waals surface area contributed by atoms with Crippen molar-refractivity contribution in [3.05, 3.63) is 29.0 Å². The molecule has 3 heterocycles. The van der Waals surface area contributed by atoms with Crippen LogP contribution < -0.4 is 0 Å². The van der Waals surface area contributed by atoms with Gasteiger partial charge in [0.15, 0.2) is 0 Å². The lowest BCUT2D eigenvalue weighted by atomic mass is 10.2. The maximum Gasteiger partial charge on any atom is 0.133 e. The summed E-state index contributed by atoms with van der Waals surface area (Å²) in [6, 6.07) is 4.70. The van der Waals surface area contributed by atoms with E-state index in [0.29, 0.717) is 11.2 Å². The van der Waals surface area contributed by atoms with E-state index in [0.717, 1.165) is 51.5 Å². The van der Waals surface area contributed by atoms with E-state index in [2.05, 4.69) is 20.9 Å². The number of rotatable bonds is 3. The number of likely N-dealkylation sites (tertiary alicyclic amines) is 1. The first kappa shape index (κ1) is 13.3. The van der Waals surface area contributed by atoms with Crippen molar-refractivity contribution in [1.82, 2.24) is 14.8 Å². The number of pyridine rings is 1. The summed E-state index contributed by atoms with van der Waals surface area (Å²) < 4.78 is 5.42. The fourth-order valence-corrected chi connectivity index (χ4v) is 3.15. The molecule has 1 atom stereocenters. The molecule has 0 amide bonds. The molecule has 2 aliphatic rings. The number of halogens is 1. The average Bonchev–Trinajstić information content (AvgIpc) is 2.91. The first-order valence-electron chi connectivity index (χ1n) is 6.96. The Morgan fingerprint density at radius 2 is 2.16 bits per heavy atom. The third-order valence-electron chi connectivity index (χ3n) is 4.04. The smallest absolute Gasteiger partial charge is 0.133 e. The molecule has 0 bridgehead atoms. The zero-order valence-corrected chi connectivity index (χ0v) is 11.9. The molecule has 0 saturated carbocycles. The lowest BCUT2D eigenvalue weighted by molar-refractivity contribution is 0.0184. The van der Waals surface area contributed by atoms with E-state index in [-0.39, 0.29) is 0 Å². The Morgan fingerprint density at radius 3 is 2.95 bits per heavy atom. The second-order valence-electron chi connectivity index (χ2n) is 5.28. The molecule has 2 saturated heterocycles. The summed E-state index contributed by atoms with van der Waals surface area (Å²) in [5.74, 6) is 0. The molecule has 0 radical (unpaired) electrons. The minimum Gasteiger partial charge on any atom is -0.379 e. The first-order valence-corrected chi connectivity index (χ1v) is 7.34. The fraction of sp³-hybridized carbons (Fsp3) is 0.643. The zero-order chi connectivity index (χ0) is 13.1. The van der Waals surface area contributed by atoms with Gasteiger partial charge < -0.3 is 4.74 Å². The molecule has 1 aromatic heterocycles. The quantitative estimate of drug-likeness (QED) is 0.788. The molecule has 2 aliphatic heterocycles. The van der Waals surface area contributed by atoms with Gasteiger partial charge in [-0.15, -0.1) is 0 Å². The molecule has 19 heavy (non-hydrogen) atoms. The van der Waals surface area contributed by atoms with Crippen molar-refractivity contribution < 1.29 is 4.74 Å². The van der Waals surface area contributed by atoms with Crippen LogP contribution in [0, 0.1) is 0 Å². The van der Waals surface area contributed by atoms with Crippen LogP contribution in [0.3, 0.4) is 0 Å². The Bertz CT molecular complexity index is 423. The molecule has 4 nitrogen and oxygen atoms in total. The zero-order valence-electron chi connectivity index (χ0n) is 11.1. The third kappa shape index (κ3) is 3.26. The largest absolute Gasteiger partial charge is 0.379 e. The Hall–Kier alpha value is -0.680. The van der Waals surface area contributed by atoms with E-state index in [1.807, 2.05) is 6.07 Å². The summed E-state index contributed by atoms with van der Waals surface area (Å²) in [7, 11) is 0. The number of morpholine rings is 1. The van der Waals surface area contributed by atoms with Gasteiger partial charge in [-0.1, -0.05) is 17.7 Å². The van der Waals surface area contributed by atoms with Crippen LogP contribution in [0.25, 0.3) is 0 Å². The van der Waals surface area contributed by atoms with Crippen LogP contribution in [-0.2, 0) is 11.3 Å². The minimum atomic E-state index is 0.636. The predicted molar refractivity (Wildman–Crippen MR) is 75.3 cm³/mol.